The van der Waals surface area contributed by atoms with E-state index in [1.54, 1.807) is 33.9 Å². The maximum Gasteiger partial charge on any atom is 0.123 e. The van der Waals surface area contributed by atoms with Crippen molar-refractivity contribution in [1.29, 1.82) is 0 Å². The molecule has 0 radical (unpaired) electrons. The lowest BCUT2D eigenvalue weighted by Gasteiger charge is -2.29. The van der Waals surface area contributed by atoms with Gasteiger partial charge in [0.1, 0.15) is 5.82 Å². The minimum Gasteiger partial charge on any atom is -0.389 e. The van der Waals surface area contributed by atoms with Crippen LogP contribution in [0.15, 0.2) is 18.2 Å². The van der Waals surface area contributed by atoms with Crippen LogP contribution in [0.25, 0.3) is 0 Å². The van der Waals surface area contributed by atoms with Crippen molar-refractivity contribution in [2.24, 2.45) is 0 Å². The summed E-state index contributed by atoms with van der Waals surface area (Å²) in [4.78, 5) is 1.81. The van der Waals surface area contributed by atoms with Gasteiger partial charge in [-0.3, -0.25) is 0 Å². The highest BCUT2D eigenvalue weighted by Gasteiger charge is 2.19. The van der Waals surface area contributed by atoms with E-state index in [-0.39, 0.29) is 5.82 Å². The minimum absolute atomic E-state index is 0.374. The van der Waals surface area contributed by atoms with Gasteiger partial charge >= 0.3 is 0 Å². The number of benzene rings is 1. The van der Waals surface area contributed by atoms with Gasteiger partial charge in [-0.25, -0.2) is 4.39 Å². The Labute approximate surface area is 101 Å². The third-order valence-corrected chi connectivity index (χ3v) is 2.48. The van der Waals surface area contributed by atoms with Crippen LogP contribution in [0.3, 0.4) is 0 Å². The van der Waals surface area contributed by atoms with Gasteiger partial charge in [0.25, 0.3) is 0 Å². The molecule has 0 heterocycles. The lowest BCUT2D eigenvalue weighted by Crippen LogP contribution is -2.36. The molecular weight excluding hydrogens is 221 g/mol. The highest BCUT2D eigenvalue weighted by atomic mass is 19.1. The first kappa shape index (κ1) is 13.9. The Morgan fingerprint density at radius 1 is 1.41 bits per heavy atom. The molecule has 1 aromatic rings. The van der Waals surface area contributed by atoms with Crippen molar-refractivity contribution < 1.29 is 14.6 Å². The third kappa shape index (κ3) is 3.98. The molecular formula is C13H20FNO2. The van der Waals surface area contributed by atoms with Crippen LogP contribution < -0.4 is 4.90 Å². The molecule has 2 N–H and O–H groups in total. The second-order valence-corrected chi connectivity index (χ2v) is 5.05. The maximum absolute atomic E-state index is 13.1. The number of halogens is 1. The van der Waals surface area contributed by atoms with Gasteiger partial charge in [0.2, 0.25) is 0 Å². The van der Waals surface area contributed by atoms with E-state index < -0.39 is 11.7 Å². The molecule has 1 aromatic carbocycles. The van der Waals surface area contributed by atoms with Gasteiger partial charge < -0.3 is 15.1 Å². The van der Waals surface area contributed by atoms with Crippen LogP contribution in [0.2, 0.25) is 0 Å². The molecule has 0 saturated heterocycles. The number of aliphatic hydroxyl groups is 2. The molecule has 0 aliphatic carbocycles. The van der Waals surface area contributed by atoms with E-state index in [9.17, 15) is 14.6 Å². The summed E-state index contributed by atoms with van der Waals surface area (Å²) in [6.45, 7) is 5.40. The van der Waals surface area contributed by atoms with E-state index in [0.29, 0.717) is 12.1 Å². The number of hydrogen-bond donors (Lipinski definition) is 2. The van der Waals surface area contributed by atoms with Crippen molar-refractivity contribution in [2.45, 2.75) is 32.5 Å². The zero-order valence-electron chi connectivity index (χ0n) is 10.7. The van der Waals surface area contributed by atoms with Crippen molar-refractivity contribution in [3.8, 4) is 0 Å². The molecule has 17 heavy (non-hydrogen) atoms. The van der Waals surface area contributed by atoms with E-state index in [0.717, 1.165) is 5.69 Å². The predicted octanol–water partition coefficient (Wildman–Crippen LogP) is 2.09. The number of anilines is 1. The molecule has 96 valence electrons. The van der Waals surface area contributed by atoms with Gasteiger partial charge in [-0.15, -0.1) is 0 Å². The van der Waals surface area contributed by atoms with Crippen LogP contribution >= 0.6 is 0 Å². The summed E-state index contributed by atoms with van der Waals surface area (Å²) in [6, 6.07) is 4.28. The molecule has 0 aliphatic rings. The van der Waals surface area contributed by atoms with Gasteiger partial charge in [0.15, 0.2) is 0 Å². The second kappa shape index (κ2) is 5.02. The zero-order chi connectivity index (χ0) is 13.2. The van der Waals surface area contributed by atoms with Crippen LogP contribution in [0, 0.1) is 5.82 Å². The lowest BCUT2D eigenvalue weighted by molar-refractivity contribution is 0.0884. The first-order valence-electron chi connectivity index (χ1n) is 5.62. The summed E-state index contributed by atoms with van der Waals surface area (Å²) in [6.07, 6.45) is -0.745. The largest absolute Gasteiger partial charge is 0.389 e. The van der Waals surface area contributed by atoms with E-state index in [1.807, 2.05) is 4.90 Å². The molecule has 0 bridgehead atoms. The Bertz CT molecular complexity index is 385. The first-order valence-corrected chi connectivity index (χ1v) is 5.62. The van der Waals surface area contributed by atoms with E-state index in [1.165, 1.54) is 12.1 Å². The molecule has 4 heteroatoms. The average molecular weight is 241 g/mol. The van der Waals surface area contributed by atoms with Crippen molar-refractivity contribution in [1.82, 2.24) is 0 Å². The topological polar surface area (TPSA) is 43.7 Å². The molecule has 3 nitrogen and oxygen atoms in total. The number of hydrogen-bond acceptors (Lipinski definition) is 3. The second-order valence-electron chi connectivity index (χ2n) is 5.05. The molecule has 0 aromatic heterocycles. The number of aliphatic hydroxyl groups excluding tert-OH is 1. The van der Waals surface area contributed by atoms with Crippen LogP contribution in [-0.2, 0) is 0 Å². The Morgan fingerprint density at radius 3 is 2.47 bits per heavy atom. The molecule has 0 saturated carbocycles. The fraction of sp³-hybridized carbons (Fsp3) is 0.538. The standard InChI is InChI=1S/C13H20FNO2/c1-9(16)11-7-10(14)5-6-12(11)15(4)8-13(2,3)17/h5-7,9,16-17H,8H2,1-4H3/t9-/m1/s1. The number of likely N-dealkylation sites (N-methyl/N-ethyl adjacent to an activating group) is 1. The third-order valence-electron chi connectivity index (χ3n) is 2.48. The Balaban J connectivity index is 3.04. The summed E-state index contributed by atoms with van der Waals surface area (Å²) in [5.74, 6) is -0.374. The Hall–Kier alpha value is -1.13. The lowest BCUT2D eigenvalue weighted by atomic mass is 10.0. The number of nitrogens with zero attached hydrogens (tertiary/aromatic N) is 1. The fourth-order valence-electron chi connectivity index (χ4n) is 1.87. The van der Waals surface area contributed by atoms with Crippen molar-refractivity contribution in [3.63, 3.8) is 0 Å². The van der Waals surface area contributed by atoms with Gasteiger partial charge in [-0.05, 0) is 39.0 Å². The first-order chi connectivity index (χ1) is 7.70. The van der Waals surface area contributed by atoms with Crippen LogP contribution in [-0.4, -0.2) is 29.4 Å². The van der Waals surface area contributed by atoms with Crippen molar-refractivity contribution >= 4 is 5.69 Å². The normalized spacial score (nSPS) is 13.6. The summed E-state index contributed by atoms with van der Waals surface area (Å²) in [7, 11) is 1.80. The molecule has 0 amide bonds. The molecule has 0 fully saturated rings. The molecule has 1 atom stereocenters. The summed E-state index contributed by atoms with van der Waals surface area (Å²) in [5, 5.41) is 19.4. The monoisotopic (exact) mass is 241 g/mol. The van der Waals surface area contributed by atoms with Crippen LogP contribution in [0.4, 0.5) is 10.1 Å². The maximum atomic E-state index is 13.1. The summed E-state index contributed by atoms with van der Waals surface area (Å²) in [5.41, 5.74) is 0.402. The molecule has 1 rings (SSSR count). The summed E-state index contributed by atoms with van der Waals surface area (Å²) >= 11 is 0. The molecule has 0 spiro atoms. The molecule has 0 aliphatic heterocycles. The molecule has 0 unspecified atom stereocenters. The quantitative estimate of drug-likeness (QED) is 0.848. The van der Waals surface area contributed by atoms with Crippen LogP contribution in [0.1, 0.15) is 32.4 Å². The zero-order valence-corrected chi connectivity index (χ0v) is 10.7. The van der Waals surface area contributed by atoms with E-state index >= 15 is 0 Å². The van der Waals surface area contributed by atoms with E-state index in [4.69, 9.17) is 0 Å². The fourth-order valence-corrected chi connectivity index (χ4v) is 1.87. The van der Waals surface area contributed by atoms with Crippen molar-refractivity contribution in [2.75, 3.05) is 18.5 Å². The minimum atomic E-state index is -0.848. The van der Waals surface area contributed by atoms with Crippen molar-refractivity contribution in [3.05, 3.63) is 29.6 Å². The Morgan fingerprint density at radius 2 is 2.00 bits per heavy atom. The van der Waals surface area contributed by atoms with Gasteiger partial charge in [0.05, 0.1) is 11.7 Å². The smallest absolute Gasteiger partial charge is 0.123 e. The van der Waals surface area contributed by atoms with Crippen LogP contribution in [0.5, 0.6) is 0 Å². The van der Waals surface area contributed by atoms with Gasteiger partial charge in [-0.1, -0.05) is 0 Å². The highest BCUT2D eigenvalue weighted by Crippen LogP contribution is 2.27. The Kier molecular flexibility index (Phi) is 4.11. The highest BCUT2D eigenvalue weighted by molar-refractivity contribution is 5.54. The summed E-state index contributed by atoms with van der Waals surface area (Å²) < 4.78 is 13.1. The van der Waals surface area contributed by atoms with Gasteiger partial charge in [-0.2, -0.15) is 0 Å². The van der Waals surface area contributed by atoms with E-state index in [2.05, 4.69) is 0 Å². The van der Waals surface area contributed by atoms with Gasteiger partial charge in [0, 0.05) is 24.8 Å². The SMILES string of the molecule is C[C@@H](O)c1cc(F)ccc1N(C)CC(C)(C)O. The number of rotatable bonds is 4. The predicted molar refractivity (Wildman–Crippen MR) is 66.6 cm³/mol. The average Bonchev–Trinajstić information content (AvgIpc) is 2.14.